The maximum atomic E-state index is 11.8. The molecule has 0 aliphatic rings. The van der Waals surface area contributed by atoms with Gasteiger partial charge in [0.25, 0.3) is 0 Å². The van der Waals surface area contributed by atoms with E-state index in [1.165, 1.54) is 0 Å². The first-order chi connectivity index (χ1) is 10.5. The zero-order chi connectivity index (χ0) is 16.4. The molecule has 122 valence electrons. The van der Waals surface area contributed by atoms with E-state index in [-0.39, 0.29) is 18.4 Å². The summed E-state index contributed by atoms with van der Waals surface area (Å²) in [6.45, 7) is 4.58. The summed E-state index contributed by atoms with van der Waals surface area (Å²) in [5.41, 5.74) is 1.08. The molecule has 1 rings (SSSR count). The normalized spacial score (nSPS) is 11.7. The summed E-state index contributed by atoms with van der Waals surface area (Å²) in [6.07, 6.45) is 2.55. The number of rotatable bonds is 10. The Labute approximate surface area is 131 Å². The van der Waals surface area contributed by atoms with E-state index in [1.54, 1.807) is 0 Å². The molecule has 1 amide bonds. The smallest absolute Gasteiger partial charge is 0.303 e. The fourth-order valence-corrected chi connectivity index (χ4v) is 1.99. The number of aryl methyl sites for hydroxylation is 1. The van der Waals surface area contributed by atoms with Crippen LogP contribution >= 0.6 is 0 Å². The van der Waals surface area contributed by atoms with Gasteiger partial charge in [-0.1, -0.05) is 19.1 Å². The largest absolute Gasteiger partial charge is 0.494 e. The standard InChI is InChI=1S/C17H25NO4/c1-3-12-22-15-8-5-14(6-9-15)7-10-16(19)18-13(2)4-11-17(20)21/h5-6,8-9,13H,3-4,7,10-12H2,1-2H3,(H,18,19)(H,20,21). The first kappa shape index (κ1) is 18.0. The monoisotopic (exact) mass is 307 g/mol. The first-order valence-electron chi connectivity index (χ1n) is 7.74. The lowest BCUT2D eigenvalue weighted by atomic mass is 10.1. The van der Waals surface area contributed by atoms with Gasteiger partial charge in [-0.2, -0.15) is 0 Å². The van der Waals surface area contributed by atoms with Crippen molar-refractivity contribution >= 4 is 11.9 Å². The predicted molar refractivity (Wildman–Crippen MR) is 85.0 cm³/mol. The summed E-state index contributed by atoms with van der Waals surface area (Å²) in [5.74, 6) is -0.0481. The molecule has 0 spiro atoms. The van der Waals surface area contributed by atoms with Gasteiger partial charge in [-0.15, -0.1) is 0 Å². The number of carbonyl (C=O) groups excluding carboxylic acids is 1. The van der Waals surface area contributed by atoms with Gasteiger partial charge in [0.1, 0.15) is 5.75 Å². The highest BCUT2D eigenvalue weighted by Gasteiger charge is 2.09. The van der Waals surface area contributed by atoms with Crippen LogP contribution in [0.5, 0.6) is 5.75 Å². The molecule has 2 N–H and O–H groups in total. The van der Waals surface area contributed by atoms with Gasteiger partial charge < -0.3 is 15.2 Å². The number of carbonyl (C=O) groups is 2. The van der Waals surface area contributed by atoms with E-state index >= 15 is 0 Å². The van der Waals surface area contributed by atoms with Crippen LogP contribution in [0.1, 0.15) is 45.1 Å². The van der Waals surface area contributed by atoms with Crippen LogP contribution in [0.15, 0.2) is 24.3 Å². The quantitative estimate of drug-likeness (QED) is 0.697. The molecule has 0 saturated heterocycles. The Morgan fingerprint density at radius 1 is 1.23 bits per heavy atom. The van der Waals surface area contributed by atoms with Crippen molar-refractivity contribution in [3.05, 3.63) is 29.8 Å². The third-order valence-electron chi connectivity index (χ3n) is 3.24. The number of carboxylic acid groups (broad SMARTS) is 1. The van der Waals surface area contributed by atoms with Crippen LogP contribution in [0.4, 0.5) is 0 Å². The van der Waals surface area contributed by atoms with Gasteiger partial charge in [0.15, 0.2) is 0 Å². The third-order valence-corrected chi connectivity index (χ3v) is 3.24. The van der Waals surface area contributed by atoms with E-state index in [9.17, 15) is 9.59 Å². The molecule has 0 bridgehead atoms. The fourth-order valence-electron chi connectivity index (χ4n) is 1.99. The van der Waals surface area contributed by atoms with Crippen LogP contribution in [0.3, 0.4) is 0 Å². The lowest BCUT2D eigenvalue weighted by Gasteiger charge is -2.12. The second kappa shape index (κ2) is 9.82. The molecule has 0 fully saturated rings. The minimum atomic E-state index is -0.841. The number of benzene rings is 1. The van der Waals surface area contributed by atoms with Crippen LogP contribution in [-0.4, -0.2) is 29.6 Å². The first-order valence-corrected chi connectivity index (χ1v) is 7.74. The number of carboxylic acids is 1. The molecule has 0 heterocycles. The van der Waals surface area contributed by atoms with Gasteiger partial charge in [0.05, 0.1) is 6.61 Å². The zero-order valence-electron chi connectivity index (χ0n) is 13.3. The average Bonchev–Trinajstić information content (AvgIpc) is 2.50. The second-order valence-electron chi connectivity index (χ2n) is 5.39. The van der Waals surface area contributed by atoms with Gasteiger partial charge in [-0.05, 0) is 43.9 Å². The Kier molecular flexibility index (Phi) is 8.04. The maximum Gasteiger partial charge on any atom is 0.303 e. The highest BCUT2D eigenvalue weighted by molar-refractivity contribution is 5.76. The summed E-state index contributed by atoms with van der Waals surface area (Å²) >= 11 is 0. The van der Waals surface area contributed by atoms with Crippen LogP contribution in [-0.2, 0) is 16.0 Å². The van der Waals surface area contributed by atoms with Gasteiger partial charge in [-0.3, -0.25) is 9.59 Å². The molecule has 1 unspecified atom stereocenters. The molecule has 1 atom stereocenters. The van der Waals surface area contributed by atoms with E-state index < -0.39 is 5.97 Å². The number of amides is 1. The van der Waals surface area contributed by atoms with Crippen molar-refractivity contribution in [1.29, 1.82) is 0 Å². The molecule has 0 saturated carbocycles. The summed E-state index contributed by atoms with van der Waals surface area (Å²) < 4.78 is 5.51. The molecule has 0 aliphatic carbocycles. The molecular formula is C17H25NO4. The van der Waals surface area contributed by atoms with Crippen molar-refractivity contribution < 1.29 is 19.4 Å². The van der Waals surface area contributed by atoms with Crippen molar-refractivity contribution in [1.82, 2.24) is 5.32 Å². The summed E-state index contributed by atoms with van der Waals surface area (Å²) in [7, 11) is 0. The number of hydrogen-bond acceptors (Lipinski definition) is 3. The Hall–Kier alpha value is -2.04. The maximum absolute atomic E-state index is 11.8. The highest BCUT2D eigenvalue weighted by Crippen LogP contribution is 2.13. The van der Waals surface area contributed by atoms with Gasteiger partial charge in [0, 0.05) is 18.9 Å². The van der Waals surface area contributed by atoms with Crippen LogP contribution < -0.4 is 10.1 Å². The highest BCUT2D eigenvalue weighted by atomic mass is 16.5. The van der Waals surface area contributed by atoms with Gasteiger partial charge in [0.2, 0.25) is 5.91 Å². The molecule has 0 aliphatic heterocycles. The molecule has 1 aromatic carbocycles. The molecule has 5 heteroatoms. The van der Waals surface area contributed by atoms with Crippen LogP contribution in [0, 0.1) is 0 Å². The average molecular weight is 307 g/mol. The summed E-state index contributed by atoms with van der Waals surface area (Å²) in [6, 6.07) is 7.64. The van der Waals surface area contributed by atoms with Gasteiger partial charge in [-0.25, -0.2) is 0 Å². The predicted octanol–water partition coefficient (Wildman–Crippen LogP) is 2.78. The Morgan fingerprint density at radius 2 is 1.91 bits per heavy atom. The van der Waals surface area contributed by atoms with E-state index in [4.69, 9.17) is 9.84 Å². The second-order valence-corrected chi connectivity index (χ2v) is 5.39. The minimum absolute atomic E-state index is 0.0517. The SMILES string of the molecule is CCCOc1ccc(CCC(=O)NC(C)CCC(=O)O)cc1. The summed E-state index contributed by atoms with van der Waals surface area (Å²) in [4.78, 5) is 22.3. The van der Waals surface area contributed by atoms with Gasteiger partial charge >= 0.3 is 5.97 Å². The Morgan fingerprint density at radius 3 is 2.50 bits per heavy atom. The van der Waals surface area contributed by atoms with Crippen molar-refractivity contribution in [3.8, 4) is 5.75 Å². The zero-order valence-corrected chi connectivity index (χ0v) is 13.3. The molecular weight excluding hydrogens is 282 g/mol. The minimum Gasteiger partial charge on any atom is -0.494 e. The molecule has 0 aromatic heterocycles. The van der Waals surface area contributed by atoms with Crippen LogP contribution in [0.2, 0.25) is 0 Å². The number of hydrogen-bond donors (Lipinski definition) is 2. The van der Waals surface area contributed by atoms with E-state index in [2.05, 4.69) is 12.2 Å². The van der Waals surface area contributed by atoms with E-state index in [1.807, 2.05) is 31.2 Å². The van der Waals surface area contributed by atoms with Crippen molar-refractivity contribution in [3.63, 3.8) is 0 Å². The fraction of sp³-hybridized carbons (Fsp3) is 0.529. The Bertz CT molecular complexity index is 470. The van der Waals surface area contributed by atoms with Crippen molar-refractivity contribution in [2.75, 3.05) is 6.61 Å². The lowest BCUT2D eigenvalue weighted by molar-refractivity contribution is -0.137. The number of aliphatic carboxylic acids is 1. The molecule has 22 heavy (non-hydrogen) atoms. The summed E-state index contributed by atoms with van der Waals surface area (Å²) in [5, 5.41) is 11.4. The molecule has 1 aromatic rings. The lowest BCUT2D eigenvalue weighted by Crippen LogP contribution is -2.33. The molecule has 0 radical (unpaired) electrons. The van der Waals surface area contributed by atoms with Crippen LogP contribution in [0.25, 0.3) is 0 Å². The number of nitrogens with one attached hydrogen (secondary N) is 1. The third kappa shape index (κ3) is 7.67. The van der Waals surface area contributed by atoms with Crippen molar-refractivity contribution in [2.24, 2.45) is 0 Å². The Balaban J connectivity index is 2.29. The number of ether oxygens (including phenoxy) is 1. The van der Waals surface area contributed by atoms with E-state index in [0.717, 1.165) is 17.7 Å². The topological polar surface area (TPSA) is 75.6 Å². The molecule has 5 nitrogen and oxygen atoms in total. The van der Waals surface area contributed by atoms with Crippen molar-refractivity contribution in [2.45, 2.75) is 52.0 Å². The van der Waals surface area contributed by atoms with E-state index in [0.29, 0.717) is 25.9 Å².